The number of morpholine rings is 1. The maximum atomic E-state index is 8.69. The number of hydrogen-bond acceptors (Lipinski definition) is 4. The summed E-state index contributed by atoms with van der Waals surface area (Å²) in [7, 11) is 0. The summed E-state index contributed by atoms with van der Waals surface area (Å²) in [6, 6.07) is 0. The summed E-state index contributed by atoms with van der Waals surface area (Å²) in [4.78, 5) is 2.46. The second-order valence-corrected chi connectivity index (χ2v) is 6.63. The topological polar surface area (TPSA) is 71.1 Å². The van der Waals surface area contributed by atoms with Crippen LogP contribution in [0.5, 0.6) is 0 Å². The summed E-state index contributed by atoms with van der Waals surface area (Å²) < 4.78 is 5.91. The standard InChI is InChI=1S/C13H25N3O2/c1-10-7-16(8-12(2,3)18-10)9-13(4-5-13)6-11(14)15-17/h10,17H,4-9H2,1-3H3,(H2,14,15). The average Bonchev–Trinajstić information content (AvgIpc) is 2.94. The quantitative estimate of drug-likeness (QED) is 0.345. The Bertz CT molecular complexity index is 337. The molecule has 0 amide bonds. The predicted molar refractivity (Wildman–Crippen MR) is 70.8 cm³/mol. The summed E-state index contributed by atoms with van der Waals surface area (Å²) in [6.45, 7) is 9.35. The van der Waals surface area contributed by atoms with Crippen molar-refractivity contribution < 1.29 is 9.94 Å². The summed E-state index contributed by atoms with van der Waals surface area (Å²) in [5, 5.41) is 11.8. The van der Waals surface area contributed by atoms with Crippen molar-refractivity contribution in [2.75, 3.05) is 19.6 Å². The summed E-state index contributed by atoms with van der Waals surface area (Å²) >= 11 is 0. The molecule has 1 atom stereocenters. The molecule has 0 aromatic heterocycles. The fourth-order valence-electron chi connectivity index (χ4n) is 3.17. The molecule has 1 aliphatic heterocycles. The first-order valence-electron chi connectivity index (χ1n) is 6.71. The molecule has 0 spiro atoms. The number of hydrogen-bond donors (Lipinski definition) is 2. The fourth-order valence-corrected chi connectivity index (χ4v) is 3.17. The lowest BCUT2D eigenvalue weighted by molar-refractivity contribution is -0.131. The maximum Gasteiger partial charge on any atom is 0.139 e. The Balaban J connectivity index is 1.93. The molecule has 1 saturated carbocycles. The Morgan fingerprint density at radius 2 is 2.17 bits per heavy atom. The van der Waals surface area contributed by atoms with Gasteiger partial charge < -0.3 is 15.7 Å². The lowest BCUT2D eigenvalue weighted by Gasteiger charge is -2.43. The van der Waals surface area contributed by atoms with Crippen molar-refractivity contribution in [2.24, 2.45) is 16.3 Å². The molecule has 2 aliphatic rings. The number of oxime groups is 1. The first-order chi connectivity index (χ1) is 8.34. The molecule has 5 heteroatoms. The molecule has 0 aromatic rings. The van der Waals surface area contributed by atoms with E-state index in [0.717, 1.165) is 19.6 Å². The van der Waals surface area contributed by atoms with Crippen molar-refractivity contribution in [3.05, 3.63) is 0 Å². The van der Waals surface area contributed by atoms with Gasteiger partial charge in [0.1, 0.15) is 5.84 Å². The van der Waals surface area contributed by atoms with E-state index in [4.69, 9.17) is 15.7 Å². The van der Waals surface area contributed by atoms with E-state index in [1.807, 2.05) is 0 Å². The van der Waals surface area contributed by atoms with Crippen LogP contribution in [0.3, 0.4) is 0 Å². The zero-order valence-corrected chi connectivity index (χ0v) is 11.6. The summed E-state index contributed by atoms with van der Waals surface area (Å²) in [6.07, 6.45) is 3.33. The third-order valence-electron chi connectivity index (χ3n) is 3.84. The van der Waals surface area contributed by atoms with Crippen molar-refractivity contribution in [3.63, 3.8) is 0 Å². The van der Waals surface area contributed by atoms with Gasteiger partial charge in [-0.25, -0.2) is 0 Å². The van der Waals surface area contributed by atoms with Crippen molar-refractivity contribution in [3.8, 4) is 0 Å². The summed E-state index contributed by atoms with van der Waals surface area (Å²) in [5.41, 5.74) is 5.80. The Morgan fingerprint density at radius 1 is 1.50 bits per heavy atom. The van der Waals surface area contributed by atoms with Crippen LogP contribution in [0, 0.1) is 5.41 Å². The van der Waals surface area contributed by atoms with Gasteiger partial charge in [0, 0.05) is 26.1 Å². The number of rotatable bonds is 4. The molecule has 104 valence electrons. The number of nitrogens with zero attached hydrogens (tertiary/aromatic N) is 2. The molecule has 1 heterocycles. The van der Waals surface area contributed by atoms with Crippen LogP contribution in [0.1, 0.15) is 40.0 Å². The molecule has 2 fully saturated rings. The molecule has 0 bridgehead atoms. The van der Waals surface area contributed by atoms with E-state index in [1.165, 1.54) is 12.8 Å². The van der Waals surface area contributed by atoms with E-state index >= 15 is 0 Å². The van der Waals surface area contributed by atoms with Crippen molar-refractivity contribution in [1.29, 1.82) is 0 Å². The minimum atomic E-state index is -0.0790. The molecule has 1 aliphatic carbocycles. The lowest BCUT2D eigenvalue weighted by atomic mass is 9.98. The van der Waals surface area contributed by atoms with Crippen LogP contribution < -0.4 is 5.73 Å². The van der Waals surface area contributed by atoms with Crippen LogP contribution in [0.15, 0.2) is 5.16 Å². The van der Waals surface area contributed by atoms with E-state index in [9.17, 15) is 0 Å². The highest BCUT2D eigenvalue weighted by atomic mass is 16.5. The SMILES string of the molecule is CC1CN(CC2(CC(N)=NO)CC2)CC(C)(C)O1. The zero-order chi connectivity index (χ0) is 13.4. The lowest BCUT2D eigenvalue weighted by Crippen LogP contribution is -2.53. The van der Waals surface area contributed by atoms with Crippen LogP contribution >= 0.6 is 0 Å². The van der Waals surface area contributed by atoms with Gasteiger partial charge >= 0.3 is 0 Å². The average molecular weight is 255 g/mol. The maximum absolute atomic E-state index is 8.69. The molecule has 1 unspecified atom stereocenters. The van der Waals surface area contributed by atoms with Gasteiger partial charge in [-0.15, -0.1) is 0 Å². The van der Waals surface area contributed by atoms with Crippen molar-refractivity contribution in [1.82, 2.24) is 4.90 Å². The Kier molecular flexibility index (Phi) is 3.56. The Hall–Kier alpha value is -0.810. The van der Waals surface area contributed by atoms with Crippen LogP contribution in [0.4, 0.5) is 0 Å². The first kappa shape index (κ1) is 13.6. The van der Waals surface area contributed by atoms with Crippen molar-refractivity contribution >= 4 is 5.84 Å². The van der Waals surface area contributed by atoms with Gasteiger partial charge in [-0.3, -0.25) is 4.90 Å². The molecule has 0 radical (unpaired) electrons. The molecule has 3 N–H and O–H groups in total. The van der Waals surface area contributed by atoms with Crippen LogP contribution in [-0.4, -0.2) is 47.3 Å². The third-order valence-corrected chi connectivity index (χ3v) is 3.84. The van der Waals surface area contributed by atoms with Gasteiger partial charge in [-0.2, -0.15) is 0 Å². The Morgan fingerprint density at radius 3 is 2.67 bits per heavy atom. The molecule has 0 aromatic carbocycles. The van der Waals surface area contributed by atoms with E-state index < -0.39 is 0 Å². The third kappa shape index (κ3) is 3.36. The highest BCUT2D eigenvalue weighted by Gasteiger charge is 2.46. The monoisotopic (exact) mass is 255 g/mol. The second-order valence-electron chi connectivity index (χ2n) is 6.63. The first-order valence-corrected chi connectivity index (χ1v) is 6.71. The van der Waals surface area contributed by atoms with Gasteiger partial charge in [-0.1, -0.05) is 5.16 Å². The van der Waals surface area contributed by atoms with Crippen LogP contribution in [0.2, 0.25) is 0 Å². The second kappa shape index (κ2) is 4.70. The minimum absolute atomic E-state index is 0.0790. The molecule has 5 nitrogen and oxygen atoms in total. The molecule has 2 rings (SSSR count). The van der Waals surface area contributed by atoms with Crippen LogP contribution in [0.25, 0.3) is 0 Å². The van der Waals surface area contributed by atoms with E-state index in [0.29, 0.717) is 12.3 Å². The minimum Gasteiger partial charge on any atom is -0.409 e. The molecule has 18 heavy (non-hydrogen) atoms. The van der Waals surface area contributed by atoms with E-state index in [2.05, 4.69) is 30.8 Å². The number of nitrogens with two attached hydrogens (primary N) is 1. The molecule has 1 saturated heterocycles. The van der Waals surface area contributed by atoms with Gasteiger partial charge in [0.05, 0.1) is 11.7 Å². The van der Waals surface area contributed by atoms with Crippen molar-refractivity contribution in [2.45, 2.75) is 51.7 Å². The highest BCUT2D eigenvalue weighted by Crippen LogP contribution is 2.49. The molecular formula is C13H25N3O2. The van der Waals surface area contributed by atoms with Gasteiger partial charge in [0.25, 0.3) is 0 Å². The fraction of sp³-hybridized carbons (Fsp3) is 0.923. The number of amidine groups is 1. The van der Waals surface area contributed by atoms with E-state index in [1.54, 1.807) is 0 Å². The smallest absolute Gasteiger partial charge is 0.139 e. The predicted octanol–water partition coefficient (Wildman–Crippen LogP) is 1.40. The summed E-state index contributed by atoms with van der Waals surface area (Å²) in [5.74, 6) is 0.355. The van der Waals surface area contributed by atoms with E-state index in [-0.39, 0.29) is 17.1 Å². The van der Waals surface area contributed by atoms with Gasteiger partial charge in [-0.05, 0) is 39.0 Å². The largest absolute Gasteiger partial charge is 0.409 e. The van der Waals surface area contributed by atoms with Crippen LogP contribution in [-0.2, 0) is 4.74 Å². The molecular weight excluding hydrogens is 230 g/mol. The zero-order valence-electron chi connectivity index (χ0n) is 11.6. The number of ether oxygens (including phenoxy) is 1. The normalized spacial score (nSPS) is 31.3. The highest BCUT2D eigenvalue weighted by molar-refractivity contribution is 5.80. The van der Waals surface area contributed by atoms with Gasteiger partial charge in [0.2, 0.25) is 0 Å². The Labute approximate surface area is 109 Å². The van der Waals surface area contributed by atoms with Gasteiger partial charge in [0.15, 0.2) is 0 Å².